The molecule has 0 unspecified atom stereocenters. The zero-order valence-corrected chi connectivity index (χ0v) is 26.2. The second kappa shape index (κ2) is 12.2. The fraction of sp³-hybridized carbons (Fsp3) is 0.111. The van der Waals surface area contributed by atoms with Gasteiger partial charge in [-0.15, -0.1) is 10.2 Å². The van der Waals surface area contributed by atoms with Crippen LogP contribution in [-0.4, -0.2) is 41.5 Å². The summed E-state index contributed by atoms with van der Waals surface area (Å²) in [4.78, 5) is 30.0. The van der Waals surface area contributed by atoms with Crippen molar-refractivity contribution in [3.05, 3.63) is 96.3 Å². The molecule has 0 amide bonds. The predicted octanol–water partition coefficient (Wildman–Crippen LogP) is 8.99. The molecule has 0 radical (unpaired) electrons. The Morgan fingerprint density at radius 2 is 1.41 bits per heavy atom. The molecule has 0 fully saturated rings. The summed E-state index contributed by atoms with van der Waals surface area (Å²) in [7, 11) is 0. The number of aromatic hydroxyl groups is 2. The Labute approximate surface area is 276 Å². The number of nitrogens with zero attached hydrogens (tertiary/aromatic N) is 3. The molecular formula is C27H13Cl3F6N4O4S2. The van der Waals surface area contributed by atoms with Crippen LogP contribution in [0.1, 0.15) is 48.2 Å². The summed E-state index contributed by atoms with van der Waals surface area (Å²) in [6, 6.07) is 4.39. The van der Waals surface area contributed by atoms with E-state index in [1.54, 1.807) is 6.92 Å². The van der Waals surface area contributed by atoms with E-state index in [4.69, 9.17) is 34.8 Å². The van der Waals surface area contributed by atoms with Gasteiger partial charge in [0.2, 0.25) is 11.6 Å². The Balaban J connectivity index is 1.73. The molecular weight excluding hydrogens is 729 g/mol. The van der Waals surface area contributed by atoms with Crippen LogP contribution in [0.25, 0.3) is 5.69 Å². The number of phenols is 2. The number of halogens is 9. The van der Waals surface area contributed by atoms with Crippen LogP contribution in [0.15, 0.2) is 51.8 Å². The van der Waals surface area contributed by atoms with Gasteiger partial charge in [-0.2, -0.15) is 26.3 Å². The fourth-order valence-electron chi connectivity index (χ4n) is 4.23. The molecule has 8 nitrogen and oxygen atoms in total. The minimum absolute atomic E-state index is 0.0178. The Bertz CT molecular complexity index is 2040. The maximum Gasteiger partial charge on any atom is 0.416 e. The van der Waals surface area contributed by atoms with Crippen molar-refractivity contribution >= 4 is 69.5 Å². The molecule has 3 N–H and O–H groups in total. The highest BCUT2D eigenvalue weighted by atomic mass is 35.5. The van der Waals surface area contributed by atoms with Gasteiger partial charge in [0.1, 0.15) is 37.4 Å². The number of aromatic amines is 1. The number of ketones is 2. The Kier molecular flexibility index (Phi) is 8.89. The number of carbonyl (C=O) groups excluding carboxylic acids is 2. The van der Waals surface area contributed by atoms with Crippen LogP contribution in [0.5, 0.6) is 11.5 Å². The predicted molar refractivity (Wildman–Crippen MR) is 157 cm³/mol. The maximum atomic E-state index is 13.8. The maximum absolute atomic E-state index is 13.8. The number of hydrogen-bond acceptors (Lipinski definition) is 8. The summed E-state index contributed by atoms with van der Waals surface area (Å²) >= 11 is 21.3. The van der Waals surface area contributed by atoms with Gasteiger partial charge in [-0.25, -0.2) is 0 Å². The van der Waals surface area contributed by atoms with Crippen molar-refractivity contribution in [2.24, 2.45) is 0 Å². The van der Waals surface area contributed by atoms with Crippen LogP contribution in [0, 0.1) is 6.92 Å². The molecule has 5 aromatic rings. The van der Waals surface area contributed by atoms with E-state index in [-0.39, 0.29) is 25.9 Å². The van der Waals surface area contributed by atoms with E-state index in [0.717, 1.165) is 45.9 Å². The van der Waals surface area contributed by atoms with Gasteiger partial charge in [0.15, 0.2) is 4.34 Å². The third-order valence-corrected chi connectivity index (χ3v) is 9.43. The second-order valence-corrected chi connectivity index (χ2v) is 12.9. The number of alkyl halides is 6. The van der Waals surface area contributed by atoms with Crippen molar-refractivity contribution in [1.82, 2.24) is 19.7 Å². The zero-order chi connectivity index (χ0) is 33.9. The van der Waals surface area contributed by atoms with Gasteiger partial charge in [-0.05, 0) is 61.2 Å². The van der Waals surface area contributed by atoms with Crippen molar-refractivity contribution in [2.75, 3.05) is 0 Å². The molecule has 0 aliphatic heterocycles. The molecule has 5 rings (SSSR count). The SMILES string of the molecule is Cc1nnc(Sc2c(Cl)cc(C(=O)c3ccc(C(F)(F)F)cc3O)n2-c2c(C(=O)c3ccc(C(F)(F)F)cc3O)[nH]c(Cl)c2Cl)s1. The highest BCUT2D eigenvalue weighted by molar-refractivity contribution is 8.01. The summed E-state index contributed by atoms with van der Waals surface area (Å²) in [6.07, 6.45) is -9.67. The Morgan fingerprint density at radius 3 is 1.89 bits per heavy atom. The molecule has 0 atom stereocenters. The molecule has 0 aliphatic rings. The summed E-state index contributed by atoms with van der Waals surface area (Å²) in [6.45, 7) is 1.65. The first-order valence-corrected chi connectivity index (χ1v) is 15.0. The van der Waals surface area contributed by atoms with E-state index in [9.17, 15) is 46.1 Å². The number of aromatic nitrogens is 4. The highest BCUT2D eigenvalue weighted by Gasteiger charge is 2.35. The van der Waals surface area contributed by atoms with Gasteiger partial charge < -0.3 is 15.2 Å². The quantitative estimate of drug-likeness (QED) is 0.113. The van der Waals surface area contributed by atoms with E-state index >= 15 is 0 Å². The molecule has 0 bridgehead atoms. The van der Waals surface area contributed by atoms with E-state index < -0.39 is 69.1 Å². The number of carbonyl (C=O) groups is 2. The first kappa shape index (κ1) is 33.7. The van der Waals surface area contributed by atoms with Gasteiger partial charge >= 0.3 is 12.4 Å². The first-order valence-electron chi connectivity index (χ1n) is 12.2. The summed E-state index contributed by atoms with van der Waals surface area (Å²) in [5.41, 5.74) is -4.96. The number of aryl methyl sites for hydroxylation is 1. The highest BCUT2D eigenvalue weighted by Crippen LogP contribution is 2.45. The lowest BCUT2D eigenvalue weighted by Crippen LogP contribution is -2.14. The lowest BCUT2D eigenvalue weighted by Gasteiger charge is -2.15. The molecule has 240 valence electrons. The van der Waals surface area contributed by atoms with Crippen molar-refractivity contribution in [3.63, 3.8) is 0 Å². The monoisotopic (exact) mass is 740 g/mol. The number of benzene rings is 2. The average Bonchev–Trinajstić information content (AvgIpc) is 3.61. The van der Waals surface area contributed by atoms with Gasteiger partial charge in [0, 0.05) is 0 Å². The minimum atomic E-state index is -4.83. The van der Waals surface area contributed by atoms with Crippen LogP contribution in [0.2, 0.25) is 15.2 Å². The molecule has 2 aromatic carbocycles. The molecule has 3 aromatic heterocycles. The molecule has 0 aliphatic carbocycles. The lowest BCUT2D eigenvalue weighted by atomic mass is 10.0. The molecule has 46 heavy (non-hydrogen) atoms. The molecule has 19 heteroatoms. The van der Waals surface area contributed by atoms with Crippen LogP contribution in [0.3, 0.4) is 0 Å². The van der Waals surface area contributed by atoms with E-state index in [0.29, 0.717) is 33.6 Å². The topological polar surface area (TPSA) is 121 Å². The summed E-state index contributed by atoms with van der Waals surface area (Å²) < 4.78 is 80.6. The van der Waals surface area contributed by atoms with Gasteiger partial charge in [-0.1, -0.05) is 46.1 Å². The molecule has 0 saturated carbocycles. The third-order valence-electron chi connectivity index (χ3n) is 6.30. The van der Waals surface area contributed by atoms with Gasteiger partial charge in [0.05, 0.1) is 38.7 Å². The van der Waals surface area contributed by atoms with E-state index in [1.165, 1.54) is 0 Å². The lowest BCUT2D eigenvalue weighted by molar-refractivity contribution is -0.138. The second-order valence-electron chi connectivity index (χ2n) is 9.30. The summed E-state index contributed by atoms with van der Waals surface area (Å²) in [5.74, 6) is -4.25. The van der Waals surface area contributed by atoms with Crippen LogP contribution >= 0.6 is 57.9 Å². The smallest absolute Gasteiger partial charge is 0.416 e. The Hall–Kier alpha value is -3.70. The largest absolute Gasteiger partial charge is 0.507 e. The number of nitrogens with one attached hydrogen (secondary N) is 1. The summed E-state index contributed by atoms with van der Waals surface area (Å²) in [5, 5.41) is 28.3. The molecule has 3 heterocycles. The van der Waals surface area contributed by atoms with Crippen LogP contribution in [-0.2, 0) is 12.4 Å². The van der Waals surface area contributed by atoms with Gasteiger partial charge in [0.25, 0.3) is 0 Å². The number of rotatable bonds is 7. The molecule has 0 spiro atoms. The zero-order valence-electron chi connectivity index (χ0n) is 22.3. The fourth-order valence-corrected chi connectivity index (χ4v) is 6.81. The first-order chi connectivity index (χ1) is 21.4. The van der Waals surface area contributed by atoms with Crippen molar-refractivity contribution < 1.29 is 46.1 Å². The Morgan fingerprint density at radius 1 is 0.870 bits per heavy atom. The van der Waals surface area contributed by atoms with E-state index in [1.807, 2.05) is 0 Å². The third kappa shape index (κ3) is 6.31. The van der Waals surface area contributed by atoms with Crippen molar-refractivity contribution in [2.45, 2.75) is 28.6 Å². The minimum Gasteiger partial charge on any atom is -0.507 e. The molecule has 0 saturated heterocycles. The van der Waals surface area contributed by atoms with Crippen molar-refractivity contribution in [3.8, 4) is 17.2 Å². The number of H-pyrrole nitrogens is 1. The average molecular weight is 742 g/mol. The number of hydrogen-bond donors (Lipinski definition) is 3. The number of phenolic OH excluding ortho intramolecular Hbond substituents is 2. The normalized spacial score (nSPS) is 12.1. The van der Waals surface area contributed by atoms with Crippen molar-refractivity contribution in [1.29, 1.82) is 0 Å². The van der Waals surface area contributed by atoms with Crippen LogP contribution in [0.4, 0.5) is 26.3 Å². The van der Waals surface area contributed by atoms with Gasteiger partial charge in [-0.3, -0.25) is 14.2 Å². The van der Waals surface area contributed by atoms with E-state index in [2.05, 4.69) is 15.2 Å². The standard InChI is InChI=1S/C27H13Cl3F6N4O4S2/c1-9-38-39-25(45-9)46-24-14(28)8-15(21(43)12-4-2-10(6-16(12)41)26(31,32)33)40(24)20-18(29)23(30)37-19(20)22(44)13-5-3-11(7-17(13)42)27(34,35)36/h2-8,37,41-42H,1H3. The van der Waals surface area contributed by atoms with Crippen LogP contribution < -0.4 is 0 Å².